The molecule has 0 unspecified atom stereocenters. The van der Waals surface area contributed by atoms with Gasteiger partial charge in [-0.1, -0.05) is 5.16 Å². The molecule has 2 rings (SSSR count). The van der Waals surface area contributed by atoms with Crippen molar-refractivity contribution in [2.45, 2.75) is 13.5 Å². The number of nitrogens with zero attached hydrogens (tertiary/aromatic N) is 3. The molecule has 1 N–H and O–H groups in total. The third-order valence-electron chi connectivity index (χ3n) is 1.72. The van der Waals surface area contributed by atoms with Crippen LogP contribution in [-0.4, -0.2) is 15.1 Å². The van der Waals surface area contributed by atoms with Crippen LogP contribution >= 0.6 is 0 Å². The van der Waals surface area contributed by atoms with Crippen LogP contribution in [0.15, 0.2) is 22.9 Å². The first-order valence-electron chi connectivity index (χ1n) is 4.38. The molecule has 0 bridgehead atoms. The Labute approximate surface area is 85.3 Å². The number of nitrogens with one attached hydrogen (secondary N) is 1. The van der Waals surface area contributed by atoms with Crippen LogP contribution in [0.2, 0.25) is 0 Å². The number of rotatable bonds is 3. The lowest BCUT2D eigenvalue weighted by Gasteiger charge is -2.00. The third-order valence-corrected chi connectivity index (χ3v) is 1.72. The molecule has 0 amide bonds. The highest BCUT2D eigenvalue weighted by Gasteiger charge is 2.01. The zero-order valence-electron chi connectivity index (χ0n) is 8.07. The summed E-state index contributed by atoms with van der Waals surface area (Å²) in [6, 6.07) is 2.87. The molecule has 0 saturated heterocycles. The summed E-state index contributed by atoms with van der Waals surface area (Å²) in [5.41, 5.74) is 0. The quantitative estimate of drug-likeness (QED) is 0.828. The lowest BCUT2D eigenvalue weighted by molar-refractivity contribution is 0.388. The van der Waals surface area contributed by atoms with E-state index in [0.29, 0.717) is 24.1 Å². The lowest BCUT2D eigenvalue weighted by atomic mass is 10.4. The van der Waals surface area contributed by atoms with Gasteiger partial charge in [-0.05, 0) is 12.1 Å². The van der Waals surface area contributed by atoms with Crippen LogP contribution in [0, 0.1) is 12.7 Å². The molecule has 2 aromatic rings. The van der Waals surface area contributed by atoms with Gasteiger partial charge in [0, 0.05) is 6.92 Å². The topological polar surface area (TPSA) is 63.8 Å². The molecule has 0 aromatic carbocycles. The summed E-state index contributed by atoms with van der Waals surface area (Å²) >= 11 is 0. The van der Waals surface area contributed by atoms with Crippen molar-refractivity contribution in [1.82, 2.24) is 15.1 Å². The molecule has 0 fully saturated rings. The summed E-state index contributed by atoms with van der Waals surface area (Å²) in [6.07, 6.45) is 1.14. The first-order chi connectivity index (χ1) is 7.24. The Morgan fingerprint density at radius 3 is 2.93 bits per heavy atom. The van der Waals surface area contributed by atoms with Gasteiger partial charge in [0.05, 0.1) is 12.7 Å². The minimum atomic E-state index is -0.365. The minimum absolute atomic E-state index is 0.365. The Morgan fingerprint density at radius 2 is 2.33 bits per heavy atom. The first kappa shape index (κ1) is 9.57. The van der Waals surface area contributed by atoms with Crippen LogP contribution in [-0.2, 0) is 6.54 Å². The van der Waals surface area contributed by atoms with E-state index in [9.17, 15) is 4.39 Å². The van der Waals surface area contributed by atoms with Gasteiger partial charge in [0.1, 0.15) is 11.6 Å². The van der Waals surface area contributed by atoms with Crippen molar-refractivity contribution in [3.8, 4) is 0 Å². The molecule has 15 heavy (non-hydrogen) atoms. The summed E-state index contributed by atoms with van der Waals surface area (Å²) < 4.78 is 17.3. The van der Waals surface area contributed by atoms with Gasteiger partial charge in [-0.2, -0.15) is 4.98 Å². The van der Waals surface area contributed by atoms with Gasteiger partial charge in [-0.3, -0.25) is 0 Å². The summed E-state index contributed by atoms with van der Waals surface area (Å²) in [5.74, 6) is 1.26. The van der Waals surface area contributed by atoms with E-state index in [-0.39, 0.29) is 5.82 Å². The average molecular weight is 208 g/mol. The Morgan fingerprint density at radius 1 is 1.47 bits per heavy atom. The van der Waals surface area contributed by atoms with Gasteiger partial charge >= 0.3 is 0 Å². The summed E-state index contributed by atoms with van der Waals surface area (Å²) in [7, 11) is 0. The van der Waals surface area contributed by atoms with Crippen molar-refractivity contribution in [1.29, 1.82) is 0 Å². The Bertz CT molecular complexity index is 440. The number of anilines is 1. The van der Waals surface area contributed by atoms with Crippen molar-refractivity contribution in [2.75, 3.05) is 5.32 Å². The molecular formula is C9H9FN4O. The molecule has 0 aliphatic carbocycles. The van der Waals surface area contributed by atoms with Gasteiger partial charge in [-0.15, -0.1) is 0 Å². The van der Waals surface area contributed by atoms with Gasteiger partial charge in [-0.25, -0.2) is 9.37 Å². The van der Waals surface area contributed by atoms with Crippen molar-refractivity contribution in [3.63, 3.8) is 0 Å². The van der Waals surface area contributed by atoms with Crippen LogP contribution < -0.4 is 5.32 Å². The predicted octanol–water partition coefficient (Wildman–Crippen LogP) is 1.52. The van der Waals surface area contributed by atoms with Gasteiger partial charge in [0.25, 0.3) is 0 Å². The van der Waals surface area contributed by atoms with E-state index in [4.69, 9.17) is 4.52 Å². The molecule has 2 aromatic heterocycles. The fourth-order valence-electron chi connectivity index (χ4n) is 1.06. The highest BCUT2D eigenvalue weighted by Crippen LogP contribution is 2.05. The van der Waals surface area contributed by atoms with Crippen molar-refractivity contribution < 1.29 is 8.91 Å². The van der Waals surface area contributed by atoms with Gasteiger partial charge in [0.2, 0.25) is 5.89 Å². The second-order valence-corrected chi connectivity index (χ2v) is 2.94. The number of halogens is 1. The molecule has 0 aliphatic heterocycles. The Hall–Kier alpha value is -1.98. The van der Waals surface area contributed by atoms with Gasteiger partial charge in [0.15, 0.2) is 5.82 Å². The van der Waals surface area contributed by atoms with E-state index in [1.165, 1.54) is 6.07 Å². The number of aryl methyl sites for hydroxylation is 1. The lowest BCUT2D eigenvalue weighted by Crippen LogP contribution is -2.02. The SMILES string of the molecule is Cc1nc(CNc2ccc(F)cn2)no1. The largest absolute Gasteiger partial charge is 0.363 e. The molecule has 0 atom stereocenters. The van der Waals surface area contributed by atoms with Crippen molar-refractivity contribution in [3.05, 3.63) is 35.9 Å². The predicted molar refractivity (Wildman–Crippen MR) is 50.6 cm³/mol. The Balaban J connectivity index is 1.96. The molecule has 6 heteroatoms. The maximum atomic E-state index is 12.5. The fraction of sp³-hybridized carbons (Fsp3) is 0.222. The molecule has 0 radical (unpaired) electrons. The molecular weight excluding hydrogens is 199 g/mol. The zero-order valence-corrected chi connectivity index (χ0v) is 8.07. The number of hydrogen-bond acceptors (Lipinski definition) is 5. The summed E-state index contributed by atoms with van der Waals surface area (Å²) in [6.45, 7) is 2.11. The smallest absolute Gasteiger partial charge is 0.223 e. The molecule has 0 spiro atoms. The third kappa shape index (κ3) is 2.49. The highest BCUT2D eigenvalue weighted by atomic mass is 19.1. The van der Waals surface area contributed by atoms with Crippen molar-refractivity contribution in [2.24, 2.45) is 0 Å². The van der Waals surface area contributed by atoms with E-state index in [2.05, 4.69) is 20.4 Å². The molecule has 5 nitrogen and oxygen atoms in total. The van der Waals surface area contributed by atoms with Crippen LogP contribution in [0.3, 0.4) is 0 Å². The molecule has 0 aliphatic rings. The van der Waals surface area contributed by atoms with Crippen LogP contribution in [0.4, 0.5) is 10.2 Å². The average Bonchev–Trinajstić information content (AvgIpc) is 2.64. The van der Waals surface area contributed by atoms with Crippen LogP contribution in [0.1, 0.15) is 11.7 Å². The molecule has 78 valence electrons. The monoisotopic (exact) mass is 208 g/mol. The van der Waals surface area contributed by atoms with E-state index in [1.807, 2.05) is 0 Å². The number of hydrogen-bond donors (Lipinski definition) is 1. The molecule has 0 saturated carbocycles. The van der Waals surface area contributed by atoms with E-state index in [0.717, 1.165) is 6.20 Å². The second-order valence-electron chi connectivity index (χ2n) is 2.94. The fourth-order valence-corrected chi connectivity index (χ4v) is 1.06. The second kappa shape index (κ2) is 4.04. The van der Waals surface area contributed by atoms with E-state index in [1.54, 1.807) is 13.0 Å². The maximum Gasteiger partial charge on any atom is 0.223 e. The number of aromatic nitrogens is 3. The van der Waals surface area contributed by atoms with Gasteiger partial charge < -0.3 is 9.84 Å². The molecule has 2 heterocycles. The van der Waals surface area contributed by atoms with Crippen LogP contribution in [0.5, 0.6) is 0 Å². The maximum absolute atomic E-state index is 12.5. The minimum Gasteiger partial charge on any atom is -0.363 e. The van der Waals surface area contributed by atoms with Crippen LogP contribution in [0.25, 0.3) is 0 Å². The van der Waals surface area contributed by atoms with E-state index < -0.39 is 0 Å². The Kier molecular flexibility index (Phi) is 2.57. The first-order valence-corrected chi connectivity index (χ1v) is 4.38. The zero-order chi connectivity index (χ0) is 10.7. The summed E-state index contributed by atoms with van der Waals surface area (Å²) in [5, 5.41) is 6.64. The normalized spacial score (nSPS) is 10.3. The summed E-state index contributed by atoms with van der Waals surface area (Å²) in [4.78, 5) is 7.83. The number of pyridine rings is 1. The van der Waals surface area contributed by atoms with E-state index >= 15 is 0 Å². The highest BCUT2D eigenvalue weighted by molar-refractivity contribution is 5.33. The van der Waals surface area contributed by atoms with Crippen molar-refractivity contribution >= 4 is 5.82 Å². The standard InChI is InChI=1S/C9H9FN4O/c1-6-13-9(14-15-6)5-12-8-3-2-7(10)4-11-8/h2-4H,5H2,1H3,(H,11,12).